The lowest BCUT2D eigenvalue weighted by molar-refractivity contribution is -0.927. The van der Waals surface area contributed by atoms with Crippen LogP contribution in [0.4, 0.5) is 0 Å². The predicted octanol–water partition coefficient (Wildman–Crippen LogP) is 2.16. The summed E-state index contributed by atoms with van der Waals surface area (Å²) in [6.07, 6.45) is 2.01. The number of hydrogen-bond donors (Lipinski definition) is 1. The van der Waals surface area contributed by atoms with Crippen molar-refractivity contribution in [1.82, 2.24) is 9.55 Å². The maximum Gasteiger partial charge on any atom is 0.424 e. The van der Waals surface area contributed by atoms with Gasteiger partial charge in [0.2, 0.25) is 0 Å². The van der Waals surface area contributed by atoms with Crippen molar-refractivity contribution >= 4 is 22.2 Å². The molecule has 2 aromatic heterocycles. The average molecular weight is 350 g/mol. The summed E-state index contributed by atoms with van der Waals surface area (Å²) in [5, 5.41) is 0. The van der Waals surface area contributed by atoms with Crippen LogP contribution in [0, 0.1) is 0 Å². The van der Waals surface area contributed by atoms with Gasteiger partial charge in [-0.05, 0) is 24.3 Å². The number of oxazole rings is 2. The molecule has 1 N–H and O–H groups in total. The van der Waals surface area contributed by atoms with E-state index in [0.29, 0.717) is 18.2 Å². The Hall–Kier alpha value is -2.86. The molecular weight excluding hydrogens is 330 g/mol. The number of para-hydroxylation sites is 4. The summed E-state index contributed by atoms with van der Waals surface area (Å²) in [4.78, 5) is 18.2. The first-order chi connectivity index (χ1) is 12.8. The fourth-order valence-electron chi connectivity index (χ4n) is 3.88. The zero-order chi connectivity index (χ0) is 17.5. The number of quaternary nitrogens is 1. The molecule has 1 fully saturated rings. The topological polar surface area (TPSA) is 65.6 Å². The maximum atomic E-state index is 12.2. The molecule has 132 valence electrons. The van der Waals surface area contributed by atoms with Crippen molar-refractivity contribution in [3.8, 4) is 0 Å². The molecule has 0 radical (unpaired) electrons. The van der Waals surface area contributed by atoms with Gasteiger partial charge >= 0.3 is 5.76 Å². The molecule has 0 spiro atoms. The van der Waals surface area contributed by atoms with Gasteiger partial charge in [-0.3, -0.25) is 0 Å². The van der Waals surface area contributed by atoms with E-state index < -0.39 is 0 Å². The van der Waals surface area contributed by atoms with Crippen LogP contribution in [0.2, 0.25) is 0 Å². The minimum Gasteiger partial charge on any atom is -0.440 e. The van der Waals surface area contributed by atoms with Gasteiger partial charge in [0.15, 0.2) is 23.7 Å². The third-order valence-corrected chi connectivity index (χ3v) is 5.31. The third-order valence-electron chi connectivity index (χ3n) is 5.31. The Morgan fingerprint density at radius 3 is 2.54 bits per heavy atom. The van der Waals surface area contributed by atoms with Crippen LogP contribution < -0.4 is 10.7 Å². The van der Waals surface area contributed by atoms with Crippen LogP contribution in [0.3, 0.4) is 0 Å². The van der Waals surface area contributed by atoms with E-state index >= 15 is 0 Å². The van der Waals surface area contributed by atoms with Crippen LogP contribution in [0.25, 0.3) is 22.2 Å². The molecule has 0 saturated carbocycles. The zero-order valence-electron chi connectivity index (χ0n) is 14.4. The number of aromatic nitrogens is 2. The Bertz CT molecular complexity index is 1080. The molecule has 0 unspecified atom stereocenters. The second kappa shape index (κ2) is 6.14. The van der Waals surface area contributed by atoms with Crippen LogP contribution in [-0.4, -0.2) is 22.6 Å². The smallest absolute Gasteiger partial charge is 0.424 e. The van der Waals surface area contributed by atoms with E-state index in [0.717, 1.165) is 48.4 Å². The van der Waals surface area contributed by atoms with Gasteiger partial charge in [0.25, 0.3) is 0 Å². The molecule has 1 aliphatic heterocycles. The van der Waals surface area contributed by atoms with E-state index in [1.54, 1.807) is 4.57 Å². The maximum absolute atomic E-state index is 12.2. The molecule has 2 aromatic carbocycles. The number of fused-ring (bicyclic) bond motifs is 2. The van der Waals surface area contributed by atoms with Crippen LogP contribution >= 0.6 is 0 Å². The number of hydrogen-bond acceptors (Lipinski definition) is 4. The molecule has 1 aliphatic rings. The molecule has 26 heavy (non-hydrogen) atoms. The molecule has 3 heterocycles. The van der Waals surface area contributed by atoms with Gasteiger partial charge in [-0.25, -0.2) is 14.3 Å². The Kier molecular flexibility index (Phi) is 3.64. The van der Waals surface area contributed by atoms with Crippen LogP contribution in [0.15, 0.2) is 62.2 Å². The molecule has 0 aliphatic carbocycles. The number of nitrogens with zero attached hydrogens (tertiary/aromatic N) is 2. The highest BCUT2D eigenvalue weighted by molar-refractivity contribution is 5.72. The van der Waals surface area contributed by atoms with Crippen LogP contribution in [0.1, 0.15) is 24.7 Å². The Morgan fingerprint density at radius 2 is 1.73 bits per heavy atom. The van der Waals surface area contributed by atoms with E-state index in [-0.39, 0.29) is 5.76 Å². The third kappa shape index (κ3) is 2.63. The second-order valence-corrected chi connectivity index (χ2v) is 6.97. The number of rotatable bonds is 3. The monoisotopic (exact) mass is 350 g/mol. The molecule has 0 amide bonds. The van der Waals surface area contributed by atoms with Crippen LogP contribution in [-0.2, 0) is 6.67 Å². The first-order valence-electron chi connectivity index (χ1n) is 9.05. The van der Waals surface area contributed by atoms with E-state index in [1.165, 1.54) is 4.90 Å². The summed E-state index contributed by atoms with van der Waals surface area (Å²) in [5.41, 5.74) is 3.30. The van der Waals surface area contributed by atoms with E-state index in [2.05, 4.69) is 4.98 Å². The minimum absolute atomic E-state index is 0.278. The van der Waals surface area contributed by atoms with Crippen molar-refractivity contribution in [2.45, 2.75) is 25.4 Å². The Balaban J connectivity index is 1.31. The van der Waals surface area contributed by atoms with Gasteiger partial charge in [-0.2, -0.15) is 0 Å². The van der Waals surface area contributed by atoms with E-state index in [4.69, 9.17) is 8.83 Å². The highest BCUT2D eigenvalue weighted by Gasteiger charge is 2.28. The van der Waals surface area contributed by atoms with Crippen molar-refractivity contribution < 1.29 is 13.7 Å². The normalized spacial score (nSPS) is 20.8. The lowest BCUT2D eigenvalue weighted by Gasteiger charge is -2.27. The number of nitrogens with one attached hydrogen (secondary N) is 1. The minimum atomic E-state index is -0.278. The van der Waals surface area contributed by atoms with Crippen molar-refractivity contribution in [3.05, 3.63) is 65.0 Å². The van der Waals surface area contributed by atoms with E-state index in [9.17, 15) is 4.79 Å². The first kappa shape index (κ1) is 15.4. The molecule has 5 rings (SSSR count). The molecule has 0 bridgehead atoms. The Morgan fingerprint density at radius 1 is 1.00 bits per heavy atom. The molecule has 4 aromatic rings. The van der Waals surface area contributed by atoms with Gasteiger partial charge in [0.05, 0.1) is 18.6 Å². The fraction of sp³-hybridized carbons (Fsp3) is 0.300. The molecule has 6 heteroatoms. The predicted molar refractivity (Wildman–Crippen MR) is 97.2 cm³/mol. The van der Waals surface area contributed by atoms with Gasteiger partial charge in [0.1, 0.15) is 5.52 Å². The molecule has 0 atom stereocenters. The summed E-state index contributed by atoms with van der Waals surface area (Å²) in [6, 6.07) is 15.5. The second-order valence-electron chi connectivity index (χ2n) is 6.97. The average Bonchev–Trinajstić information content (AvgIpc) is 3.24. The summed E-state index contributed by atoms with van der Waals surface area (Å²) in [6.45, 7) is 2.60. The number of benzene rings is 2. The van der Waals surface area contributed by atoms with Gasteiger partial charge in [-0.15, -0.1) is 0 Å². The highest BCUT2D eigenvalue weighted by atomic mass is 16.4. The number of likely N-dealkylation sites (tertiary alicyclic amines) is 1. The molecular formula is C20H20N3O3+. The lowest BCUT2D eigenvalue weighted by Crippen LogP contribution is -3.12. The van der Waals surface area contributed by atoms with Crippen molar-refractivity contribution in [1.29, 1.82) is 0 Å². The summed E-state index contributed by atoms with van der Waals surface area (Å²) in [7, 11) is 0. The quantitative estimate of drug-likeness (QED) is 0.615. The van der Waals surface area contributed by atoms with Crippen molar-refractivity contribution in [2.75, 3.05) is 13.1 Å². The zero-order valence-corrected chi connectivity index (χ0v) is 14.4. The molecule has 6 nitrogen and oxygen atoms in total. The van der Waals surface area contributed by atoms with Crippen LogP contribution in [0.5, 0.6) is 0 Å². The Labute approximate surface area is 149 Å². The summed E-state index contributed by atoms with van der Waals surface area (Å²) in [5.74, 6) is 0.917. The van der Waals surface area contributed by atoms with E-state index in [1.807, 2.05) is 48.5 Å². The van der Waals surface area contributed by atoms with Gasteiger partial charge in [0, 0.05) is 18.8 Å². The lowest BCUT2D eigenvalue weighted by atomic mass is 9.97. The van der Waals surface area contributed by atoms with Gasteiger partial charge in [-0.1, -0.05) is 24.3 Å². The standard InChI is InChI=1S/C20H19N3O3/c24-20-23(16-6-2-4-8-18(16)26-20)13-22-11-9-14(10-12-22)19-21-15-5-1-3-7-17(15)25-19/h1-8,14H,9-13H2/p+1. The fourth-order valence-corrected chi connectivity index (χ4v) is 3.88. The largest absolute Gasteiger partial charge is 0.440 e. The summed E-state index contributed by atoms with van der Waals surface area (Å²) < 4.78 is 13.0. The number of piperidine rings is 1. The molecule has 1 saturated heterocycles. The SMILES string of the molecule is O=c1oc2ccccc2n1C[NH+]1CCC(c2nc3ccccc3o2)CC1. The van der Waals surface area contributed by atoms with Crippen molar-refractivity contribution in [2.24, 2.45) is 0 Å². The van der Waals surface area contributed by atoms with Gasteiger partial charge < -0.3 is 13.7 Å². The highest BCUT2D eigenvalue weighted by Crippen LogP contribution is 2.26. The summed E-state index contributed by atoms with van der Waals surface area (Å²) >= 11 is 0. The first-order valence-corrected chi connectivity index (χ1v) is 9.05. The van der Waals surface area contributed by atoms with Crippen molar-refractivity contribution in [3.63, 3.8) is 0 Å².